The molecule has 0 aliphatic heterocycles. The van der Waals surface area contributed by atoms with E-state index < -0.39 is 151 Å². The van der Waals surface area contributed by atoms with Gasteiger partial charge in [-0.05, 0) is 67.0 Å². The van der Waals surface area contributed by atoms with Gasteiger partial charge in [0.2, 0.25) is 53.2 Å². The van der Waals surface area contributed by atoms with Gasteiger partial charge in [0.25, 0.3) is 0 Å². The van der Waals surface area contributed by atoms with Gasteiger partial charge in [0.15, 0.2) is 0 Å². The summed E-state index contributed by atoms with van der Waals surface area (Å²) in [7, 11) is 0. The van der Waals surface area contributed by atoms with Gasteiger partial charge in [-0.1, -0.05) is 77.3 Å². The van der Waals surface area contributed by atoms with Crippen LogP contribution in [0.25, 0.3) is 10.4 Å². The standard InChI is InChI=1S/C47H67N13O14/c1-9-24(6)39(47(73)74)58-44(70)33(20-36(64)65)54-43(69)32(19-34(48)62)55-45(71)37(22(2)3)57-46(72)38(23(4)5)56-41(67)26(8)51-35(63)21-50-40(66)25(7)52-42(68)31(18-27-10-16-30(61)17-11-27)53-28-12-14-29(15-13-28)59-60-49/h10-17,22-26,31-33,37-39,53,61H,9,18-21H2,1-8H3,(H2,48,62)(H,50,66)(H,51,63)(H,52,68)(H,54,69)(H,55,71)(H,56,67)(H,57,72)(H,58,70)(H,64,65)(H,73,74)/t24-,25-,26-,31-,32-,33-,37-,38-,39-/m0/s1. The molecule has 0 aliphatic rings. The number of carbonyl (C=O) groups is 11. The molecule has 9 amide bonds. The van der Waals surface area contributed by atoms with Crippen LogP contribution in [0.2, 0.25) is 0 Å². The second-order valence-electron chi connectivity index (χ2n) is 18.1. The maximum atomic E-state index is 13.7. The molecule has 0 heterocycles. The van der Waals surface area contributed by atoms with E-state index >= 15 is 0 Å². The van der Waals surface area contributed by atoms with Crippen LogP contribution in [0, 0.1) is 17.8 Å². The van der Waals surface area contributed by atoms with Crippen LogP contribution in [0.15, 0.2) is 53.6 Å². The van der Waals surface area contributed by atoms with Gasteiger partial charge in [-0.2, -0.15) is 0 Å². The zero-order valence-corrected chi connectivity index (χ0v) is 42.3. The number of amides is 9. The van der Waals surface area contributed by atoms with Gasteiger partial charge in [-0.15, -0.1) is 0 Å². The first kappa shape index (κ1) is 61.6. The smallest absolute Gasteiger partial charge is 0.326 e. The van der Waals surface area contributed by atoms with Crippen LogP contribution in [0.1, 0.15) is 80.2 Å². The van der Waals surface area contributed by atoms with Gasteiger partial charge < -0.3 is 68.9 Å². The Labute approximate surface area is 426 Å². The Balaban J connectivity index is 2.09. The van der Waals surface area contributed by atoms with E-state index in [-0.39, 0.29) is 12.2 Å². The first-order chi connectivity index (χ1) is 34.7. The van der Waals surface area contributed by atoms with Crippen molar-refractivity contribution in [2.45, 2.75) is 129 Å². The molecule has 0 fully saturated rings. The molecule has 0 spiro atoms. The molecule has 2 aromatic rings. The zero-order valence-electron chi connectivity index (χ0n) is 42.3. The van der Waals surface area contributed by atoms with Crippen LogP contribution < -0.4 is 53.6 Å². The van der Waals surface area contributed by atoms with Gasteiger partial charge in [-0.3, -0.25) is 47.9 Å². The molecule has 74 heavy (non-hydrogen) atoms. The molecular weight excluding hydrogens is 971 g/mol. The van der Waals surface area contributed by atoms with E-state index in [9.17, 15) is 68.1 Å². The largest absolute Gasteiger partial charge is 0.508 e. The number of phenols is 1. The Bertz CT molecular complexity index is 2390. The Morgan fingerprint density at radius 2 is 1.08 bits per heavy atom. The van der Waals surface area contributed by atoms with Crippen molar-refractivity contribution in [1.29, 1.82) is 0 Å². The number of benzene rings is 2. The molecule has 27 heteroatoms. The fourth-order valence-electron chi connectivity index (χ4n) is 6.87. The average Bonchev–Trinajstić information content (AvgIpc) is 3.32. The van der Waals surface area contributed by atoms with Crippen molar-refractivity contribution in [3.63, 3.8) is 0 Å². The number of hydrogen-bond acceptors (Lipinski definition) is 14. The Morgan fingerprint density at radius 1 is 0.595 bits per heavy atom. The van der Waals surface area contributed by atoms with E-state index in [2.05, 4.69) is 57.9 Å². The number of aromatic hydroxyl groups is 1. The molecule has 2 rings (SSSR count). The Morgan fingerprint density at radius 3 is 1.59 bits per heavy atom. The van der Waals surface area contributed by atoms with Crippen LogP contribution in [0.3, 0.4) is 0 Å². The summed E-state index contributed by atoms with van der Waals surface area (Å²) in [5, 5.41) is 54.4. The van der Waals surface area contributed by atoms with E-state index in [1.165, 1.54) is 58.9 Å². The average molecular weight is 1040 g/mol. The van der Waals surface area contributed by atoms with Crippen molar-refractivity contribution in [1.82, 2.24) is 42.5 Å². The normalized spacial score (nSPS) is 14.5. The number of rotatable bonds is 30. The number of nitrogens with two attached hydrogens (primary N) is 1. The number of primary amides is 1. The van der Waals surface area contributed by atoms with E-state index in [1.54, 1.807) is 45.0 Å². The summed E-state index contributed by atoms with van der Waals surface area (Å²) in [6, 6.07) is 1.09. The second kappa shape index (κ2) is 29.8. The van der Waals surface area contributed by atoms with Crippen molar-refractivity contribution < 1.29 is 68.1 Å². The predicted molar refractivity (Wildman–Crippen MR) is 265 cm³/mol. The number of aliphatic carboxylic acids is 2. The highest BCUT2D eigenvalue weighted by Gasteiger charge is 2.36. The SMILES string of the molecule is CC[C@H](C)[C@H](NC(=O)[C@H](CC(=O)O)NC(=O)[C@H](CC(N)=O)NC(=O)[C@@H](NC(=O)[C@@H](NC(=O)[C@H](C)NC(=O)CNC(=O)[C@H](C)NC(=O)[C@H](Cc1ccc(O)cc1)Nc1ccc(N=[N+]=[N-])cc1)C(C)C)C(C)C)C(=O)O. The number of phenolic OH excluding ortho intramolecular Hbond substituents is 1. The first-order valence-corrected chi connectivity index (χ1v) is 23.5. The maximum Gasteiger partial charge on any atom is 0.326 e. The minimum atomic E-state index is -1.86. The quantitative estimate of drug-likeness (QED) is 0.0271. The number of nitrogens with zero attached hydrogens (tertiary/aromatic N) is 3. The summed E-state index contributed by atoms with van der Waals surface area (Å²) in [5.41, 5.74) is 15.5. The lowest BCUT2D eigenvalue weighted by Gasteiger charge is -2.29. The predicted octanol–water partition coefficient (Wildman–Crippen LogP) is -0.300. The van der Waals surface area contributed by atoms with Crippen LogP contribution in [0.5, 0.6) is 5.75 Å². The first-order valence-electron chi connectivity index (χ1n) is 23.5. The van der Waals surface area contributed by atoms with Gasteiger partial charge in [0, 0.05) is 22.7 Å². The van der Waals surface area contributed by atoms with Gasteiger partial charge in [0.1, 0.15) is 54.1 Å². The zero-order chi connectivity index (χ0) is 56.0. The van der Waals surface area contributed by atoms with Crippen LogP contribution in [-0.2, 0) is 59.2 Å². The van der Waals surface area contributed by atoms with E-state index in [0.29, 0.717) is 23.4 Å². The summed E-state index contributed by atoms with van der Waals surface area (Å²) >= 11 is 0. The molecule has 0 unspecified atom stereocenters. The van der Waals surface area contributed by atoms with Crippen molar-refractivity contribution in [3.8, 4) is 5.75 Å². The summed E-state index contributed by atoms with van der Waals surface area (Å²) in [6.07, 6.45) is -1.43. The lowest BCUT2D eigenvalue weighted by Crippen LogP contribution is -2.61. The number of hydrogen-bond donors (Lipinski definition) is 13. The fraction of sp³-hybridized carbons (Fsp3) is 0.511. The molecule has 404 valence electrons. The van der Waals surface area contributed by atoms with Crippen molar-refractivity contribution in [3.05, 3.63) is 64.5 Å². The van der Waals surface area contributed by atoms with E-state index in [4.69, 9.17) is 11.3 Å². The maximum absolute atomic E-state index is 13.7. The molecule has 0 saturated carbocycles. The van der Waals surface area contributed by atoms with Crippen molar-refractivity contribution in [2.75, 3.05) is 11.9 Å². The summed E-state index contributed by atoms with van der Waals surface area (Å²) in [4.78, 5) is 145. The van der Waals surface area contributed by atoms with Crippen LogP contribution in [-0.4, -0.2) is 135 Å². The molecule has 9 atom stereocenters. The topological polar surface area (TPSA) is 432 Å². The summed E-state index contributed by atoms with van der Waals surface area (Å²) in [5.74, 6) is -13.3. The Hall–Kier alpha value is -8.48. The molecule has 2 aromatic carbocycles. The highest BCUT2D eigenvalue weighted by molar-refractivity contribution is 5.99. The number of anilines is 1. The van der Waals surface area contributed by atoms with Crippen LogP contribution in [0.4, 0.5) is 11.4 Å². The fourth-order valence-corrected chi connectivity index (χ4v) is 6.87. The van der Waals surface area contributed by atoms with Crippen molar-refractivity contribution in [2.24, 2.45) is 28.6 Å². The monoisotopic (exact) mass is 1040 g/mol. The third kappa shape index (κ3) is 20.7. The number of carboxylic acids is 2. The lowest BCUT2D eigenvalue weighted by molar-refractivity contribution is -0.145. The number of carboxylic acid groups (broad SMARTS) is 2. The molecule has 14 N–H and O–H groups in total. The molecule has 27 nitrogen and oxygen atoms in total. The molecule has 0 radical (unpaired) electrons. The Kier molecular flexibility index (Phi) is 24.8. The molecule has 0 bridgehead atoms. The van der Waals surface area contributed by atoms with Crippen molar-refractivity contribution >= 4 is 76.5 Å². The second-order valence-corrected chi connectivity index (χ2v) is 18.1. The highest BCUT2D eigenvalue weighted by atomic mass is 16.4. The van der Waals surface area contributed by atoms with Gasteiger partial charge >= 0.3 is 11.9 Å². The van der Waals surface area contributed by atoms with E-state index in [1.807, 2.05) is 0 Å². The minimum Gasteiger partial charge on any atom is -0.508 e. The molecule has 0 saturated heterocycles. The van der Waals surface area contributed by atoms with Gasteiger partial charge in [-0.25, -0.2) is 4.79 Å². The summed E-state index contributed by atoms with van der Waals surface area (Å²) < 4.78 is 0. The molecular formula is C47H67N13O14. The minimum absolute atomic E-state index is 0.0174. The third-order valence-corrected chi connectivity index (χ3v) is 11.3. The van der Waals surface area contributed by atoms with Gasteiger partial charge in [0.05, 0.1) is 19.4 Å². The molecule has 0 aromatic heterocycles. The van der Waals surface area contributed by atoms with Crippen LogP contribution >= 0.6 is 0 Å². The molecule has 0 aliphatic carbocycles. The number of carbonyl (C=O) groups excluding carboxylic acids is 9. The summed E-state index contributed by atoms with van der Waals surface area (Å²) in [6.45, 7) is 11.4. The third-order valence-electron chi connectivity index (χ3n) is 11.3. The highest BCUT2D eigenvalue weighted by Crippen LogP contribution is 2.19. The number of azide groups is 1. The lowest BCUT2D eigenvalue weighted by atomic mass is 9.98. The van der Waals surface area contributed by atoms with E-state index in [0.717, 1.165) is 0 Å². The number of nitrogens with one attached hydrogen (secondary N) is 9.